The molecule has 0 saturated heterocycles. The molecule has 140 valence electrons. The molecule has 0 aliphatic carbocycles. The van der Waals surface area contributed by atoms with Crippen LogP contribution in [0, 0.1) is 6.92 Å². The number of aryl methyl sites for hydroxylation is 1. The normalized spacial score (nSPS) is 10.3. The molecule has 0 heterocycles. The maximum absolute atomic E-state index is 12.0. The molecule has 0 aliphatic heterocycles. The number of ether oxygens (including phenoxy) is 1. The zero-order chi connectivity index (χ0) is 19.6. The van der Waals surface area contributed by atoms with Crippen LogP contribution in [0.15, 0.2) is 53.6 Å². The van der Waals surface area contributed by atoms with E-state index < -0.39 is 11.8 Å². The number of hydrogen-bond donors (Lipinski definition) is 3. The summed E-state index contributed by atoms with van der Waals surface area (Å²) in [5.41, 5.74) is 4.50. The van der Waals surface area contributed by atoms with Crippen molar-refractivity contribution in [3.63, 3.8) is 0 Å². The smallest absolute Gasteiger partial charge is 0.329 e. The van der Waals surface area contributed by atoms with Gasteiger partial charge in [0.1, 0.15) is 5.75 Å². The molecule has 0 atom stereocenters. The molecular weight excluding hydrogens is 348 g/mol. The number of nitrogens with zero attached hydrogens (tertiary/aromatic N) is 1. The molecule has 2 rings (SSSR count). The fraction of sp³-hybridized carbons (Fsp3) is 0.158. The first kappa shape index (κ1) is 19.6. The van der Waals surface area contributed by atoms with Crippen molar-refractivity contribution in [1.82, 2.24) is 10.7 Å². The highest BCUT2D eigenvalue weighted by molar-refractivity contribution is 6.34. The van der Waals surface area contributed by atoms with Crippen molar-refractivity contribution < 1.29 is 19.1 Å². The molecule has 3 N–H and O–H groups in total. The summed E-state index contributed by atoms with van der Waals surface area (Å²) >= 11 is 0. The first-order chi connectivity index (χ1) is 13.0. The van der Waals surface area contributed by atoms with E-state index in [9.17, 15) is 14.4 Å². The van der Waals surface area contributed by atoms with Crippen LogP contribution in [0.1, 0.15) is 11.1 Å². The van der Waals surface area contributed by atoms with Crippen molar-refractivity contribution in [2.45, 2.75) is 6.92 Å². The van der Waals surface area contributed by atoms with Gasteiger partial charge >= 0.3 is 11.8 Å². The highest BCUT2D eigenvalue weighted by Crippen LogP contribution is 2.14. The molecule has 0 spiro atoms. The molecule has 0 saturated carbocycles. The minimum absolute atomic E-state index is 0.121. The van der Waals surface area contributed by atoms with E-state index in [1.54, 1.807) is 24.3 Å². The Morgan fingerprint density at radius 1 is 1.04 bits per heavy atom. The number of para-hydroxylation sites is 1. The zero-order valence-electron chi connectivity index (χ0n) is 15.0. The molecule has 8 heteroatoms. The second-order valence-electron chi connectivity index (χ2n) is 5.50. The number of amides is 3. The van der Waals surface area contributed by atoms with Crippen LogP contribution in [0.3, 0.4) is 0 Å². The van der Waals surface area contributed by atoms with Gasteiger partial charge < -0.3 is 15.4 Å². The van der Waals surface area contributed by atoms with Crippen LogP contribution in [0.25, 0.3) is 0 Å². The molecule has 0 aromatic heterocycles. The number of carbonyl (C=O) groups is 3. The number of hydrogen-bond acceptors (Lipinski definition) is 5. The van der Waals surface area contributed by atoms with E-state index in [0.717, 1.165) is 11.3 Å². The van der Waals surface area contributed by atoms with Gasteiger partial charge in [0, 0.05) is 12.7 Å². The van der Waals surface area contributed by atoms with Gasteiger partial charge in [-0.3, -0.25) is 14.4 Å². The van der Waals surface area contributed by atoms with E-state index in [1.807, 2.05) is 31.2 Å². The molecule has 3 amide bonds. The fourth-order valence-electron chi connectivity index (χ4n) is 2.03. The third-order valence-corrected chi connectivity index (χ3v) is 3.48. The number of rotatable bonds is 6. The second kappa shape index (κ2) is 9.71. The lowest BCUT2D eigenvalue weighted by atomic mass is 10.2. The Labute approximate surface area is 156 Å². The van der Waals surface area contributed by atoms with Crippen LogP contribution in [-0.2, 0) is 14.4 Å². The van der Waals surface area contributed by atoms with Gasteiger partial charge in [-0.05, 0) is 48.4 Å². The summed E-state index contributed by atoms with van der Waals surface area (Å²) in [6.07, 6.45) is 1.38. The molecule has 0 bridgehead atoms. The number of nitrogens with one attached hydrogen (secondary N) is 3. The average Bonchev–Trinajstić information content (AvgIpc) is 2.68. The average molecular weight is 368 g/mol. The molecule has 2 aromatic rings. The van der Waals surface area contributed by atoms with E-state index >= 15 is 0 Å². The van der Waals surface area contributed by atoms with Gasteiger partial charge in [0.2, 0.25) is 0 Å². The van der Waals surface area contributed by atoms with Crippen LogP contribution in [0.2, 0.25) is 0 Å². The quantitative estimate of drug-likeness (QED) is 0.404. The summed E-state index contributed by atoms with van der Waals surface area (Å²) in [6, 6.07) is 14.2. The summed E-state index contributed by atoms with van der Waals surface area (Å²) in [5, 5.41) is 8.65. The topological polar surface area (TPSA) is 109 Å². The molecule has 2 aromatic carbocycles. The lowest BCUT2D eigenvalue weighted by Gasteiger charge is -2.09. The number of hydrazone groups is 1. The van der Waals surface area contributed by atoms with Gasteiger partial charge in [-0.2, -0.15) is 5.10 Å². The van der Waals surface area contributed by atoms with Crippen molar-refractivity contribution in [3.8, 4) is 5.75 Å². The highest BCUT2D eigenvalue weighted by atomic mass is 16.5. The van der Waals surface area contributed by atoms with E-state index in [1.165, 1.54) is 13.3 Å². The predicted octanol–water partition coefficient (Wildman–Crippen LogP) is 1.21. The molecule has 0 aliphatic rings. The van der Waals surface area contributed by atoms with Crippen LogP contribution < -0.4 is 20.8 Å². The maximum Gasteiger partial charge on any atom is 0.329 e. The SMILES string of the molecule is CNC(=O)C(=O)N/N=C\c1ccc(OCC(=O)Nc2ccccc2C)cc1. The van der Waals surface area contributed by atoms with Gasteiger partial charge in [0.15, 0.2) is 6.61 Å². The largest absolute Gasteiger partial charge is 0.484 e. The van der Waals surface area contributed by atoms with Gasteiger partial charge in [-0.1, -0.05) is 18.2 Å². The molecular formula is C19H20N4O4. The summed E-state index contributed by atoms with van der Waals surface area (Å²) in [7, 11) is 1.35. The third kappa shape index (κ3) is 6.28. The molecule has 8 nitrogen and oxygen atoms in total. The van der Waals surface area contributed by atoms with Crippen LogP contribution in [-0.4, -0.2) is 37.6 Å². The van der Waals surface area contributed by atoms with E-state index in [-0.39, 0.29) is 12.5 Å². The summed E-state index contributed by atoms with van der Waals surface area (Å²) in [4.78, 5) is 34.2. The molecule has 0 unspecified atom stereocenters. The van der Waals surface area contributed by atoms with Crippen LogP contribution in [0.4, 0.5) is 5.69 Å². The van der Waals surface area contributed by atoms with Crippen molar-refractivity contribution in [2.24, 2.45) is 5.10 Å². The highest BCUT2D eigenvalue weighted by Gasteiger charge is 2.08. The Hall–Kier alpha value is -3.68. The van der Waals surface area contributed by atoms with E-state index in [0.29, 0.717) is 11.3 Å². The maximum atomic E-state index is 12.0. The Kier molecular flexibility index (Phi) is 7.07. The number of benzene rings is 2. The number of likely N-dealkylation sites (N-methyl/N-ethyl adjacent to an activating group) is 1. The lowest BCUT2D eigenvalue weighted by Crippen LogP contribution is -2.35. The fourth-order valence-corrected chi connectivity index (χ4v) is 2.03. The van der Waals surface area contributed by atoms with E-state index in [4.69, 9.17) is 4.74 Å². The van der Waals surface area contributed by atoms with Crippen LogP contribution in [0.5, 0.6) is 5.75 Å². The van der Waals surface area contributed by atoms with E-state index in [2.05, 4.69) is 21.2 Å². The van der Waals surface area contributed by atoms with Gasteiger partial charge in [0.05, 0.1) is 6.21 Å². The van der Waals surface area contributed by atoms with Gasteiger partial charge in [0.25, 0.3) is 5.91 Å². The molecule has 0 fully saturated rings. The van der Waals surface area contributed by atoms with Crippen molar-refractivity contribution in [3.05, 3.63) is 59.7 Å². The second-order valence-corrected chi connectivity index (χ2v) is 5.50. The zero-order valence-corrected chi connectivity index (χ0v) is 15.0. The number of anilines is 1. The third-order valence-electron chi connectivity index (χ3n) is 3.48. The summed E-state index contributed by atoms with van der Waals surface area (Å²) in [6.45, 7) is 1.79. The summed E-state index contributed by atoms with van der Waals surface area (Å²) in [5.74, 6) is -1.37. The summed E-state index contributed by atoms with van der Waals surface area (Å²) < 4.78 is 5.44. The Balaban J connectivity index is 1.81. The molecule has 27 heavy (non-hydrogen) atoms. The van der Waals surface area contributed by atoms with Crippen LogP contribution >= 0.6 is 0 Å². The standard InChI is InChI=1S/C19H20N4O4/c1-13-5-3-4-6-16(13)22-17(24)12-27-15-9-7-14(8-10-15)11-21-23-19(26)18(25)20-2/h3-11H,12H2,1-2H3,(H,20,25)(H,22,24)(H,23,26)/b21-11-. The van der Waals surface area contributed by atoms with Crippen molar-refractivity contribution >= 4 is 29.6 Å². The van der Waals surface area contributed by atoms with Gasteiger partial charge in [-0.25, -0.2) is 5.43 Å². The van der Waals surface area contributed by atoms with Crippen molar-refractivity contribution in [2.75, 3.05) is 19.0 Å². The number of carbonyl (C=O) groups excluding carboxylic acids is 3. The monoisotopic (exact) mass is 368 g/mol. The molecule has 0 radical (unpaired) electrons. The predicted molar refractivity (Wildman–Crippen MR) is 102 cm³/mol. The Morgan fingerprint density at radius 2 is 1.74 bits per heavy atom. The Bertz CT molecular complexity index is 847. The first-order valence-corrected chi connectivity index (χ1v) is 8.13. The van der Waals surface area contributed by atoms with Crippen molar-refractivity contribution in [1.29, 1.82) is 0 Å². The van der Waals surface area contributed by atoms with Gasteiger partial charge in [-0.15, -0.1) is 0 Å². The minimum Gasteiger partial charge on any atom is -0.484 e. The first-order valence-electron chi connectivity index (χ1n) is 8.13. The lowest BCUT2D eigenvalue weighted by molar-refractivity contribution is -0.138. The Morgan fingerprint density at radius 3 is 2.41 bits per heavy atom. The minimum atomic E-state index is -0.853.